The average molecular weight is 264 g/mol. The lowest BCUT2D eigenvalue weighted by atomic mass is 9.98. The lowest BCUT2D eigenvalue weighted by Crippen LogP contribution is -2.31. The summed E-state index contributed by atoms with van der Waals surface area (Å²) < 4.78 is 4.99. The fourth-order valence-corrected chi connectivity index (χ4v) is 2.11. The Morgan fingerprint density at radius 1 is 1.37 bits per heavy atom. The summed E-state index contributed by atoms with van der Waals surface area (Å²) in [6, 6.07) is 5.38. The van der Waals surface area contributed by atoms with Gasteiger partial charge in [-0.05, 0) is 39.3 Å². The topological polar surface area (TPSA) is 64.3 Å². The van der Waals surface area contributed by atoms with Gasteiger partial charge in [-0.1, -0.05) is 19.4 Å². The van der Waals surface area contributed by atoms with Crippen LogP contribution < -0.4 is 11.1 Å². The molecule has 0 heterocycles. The molecule has 0 aromatic heterocycles. The van der Waals surface area contributed by atoms with Gasteiger partial charge in [-0.25, -0.2) is 4.79 Å². The molecule has 0 aliphatic carbocycles. The van der Waals surface area contributed by atoms with E-state index in [1.807, 2.05) is 12.1 Å². The summed E-state index contributed by atoms with van der Waals surface area (Å²) in [7, 11) is 0. The number of para-hydroxylation sites is 1. The van der Waals surface area contributed by atoms with Gasteiger partial charge in [0, 0.05) is 5.54 Å². The Hall–Kier alpha value is -1.71. The molecule has 0 amide bonds. The van der Waals surface area contributed by atoms with Crippen molar-refractivity contribution in [2.45, 2.75) is 46.1 Å². The van der Waals surface area contributed by atoms with Crippen molar-refractivity contribution in [1.29, 1.82) is 0 Å². The van der Waals surface area contributed by atoms with Crippen LogP contribution in [0.3, 0.4) is 0 Å². The summed E-state index contributed by atoms with van der Waals surface area (Å²) in [6.45, 7) is 8.50. The first kappa shape index (κ1) is 15.3. The molecule has 0 spiro atoms. The lowest BCUT2D eigenvalue weighted by Gasteiger charge is -2.28. The van der Waals surface area contributed by atoms with Crippen LogP contribution in [-0.4, -0.2) is 18.1 Å². The summed E-state index contributed by atoms with van der Waals surface area (Å²) >= 11 is 0. The Kier molecular flexibility index (Phi) is 5.21. The largest absolute Gasteiger partial charge is 0.462 e. The van der Waals surface area contributed by atoms with Crippen molar-refractivity contribution in [2.75, 3.05) is 17.7 Å². The summed E-state index contributed by atoms with van der Waals surface area (Å²) in [5, 5.41) is 3.39. The van der Waals surface area contributed by atoms with Crippen LogP contribution in [0.5, 0.6) is 0 Å². The number of carbonyl (C=O) groups excluding carboxylic acids is 1. The number of anilines is 2. The van der Waals surface area contributed by atoms with Crippen LogP contribution in [0, 0.1) is 0 Å². The van der Waals surface area contributed by atoms with E-state index in [2.05, 4.69) is 26.1 Å². The molecule has 0 atom stereocenters. The molecule has 1 aromatic rings. The average Bonchev–Trinajstić information content (AvgIpc) is 2.31. The molecule has 0 unspecified atom stereocenters. The first-order chi connectivity index (χ1) is 8.91. The predicted molar refractivity (Wildman–Crippen MR) is 79.4 cm³/mol. The smallest absolute Gasteiger partial charge is 0.340 e. The molecule has 106 valence electrons. The van der Waals surface area contributed by atoms with Crippen LogP contribution in [0.1, 0.15) is 50.9 Å². The Morgan fingerprint density at radius 2 is 2.05 bits per heavy atom. The third kappa shape index (κ3) is 4.16. The molecule has 0 fully saturated rings. The van der Waals surface area contributed by atoms with E-state index in [0.29, 0.717) is 17.9 Å². The van der Waals surface area contributed by atoms with Crippen molar-refractivity contribution in [3.05, 3.63) is 23.8 Å². The molecule has 0 saturated heterocycles. The van der Waals surface area contributed by atoms with Gasteiger partial charge in [0.25, 0.3) is 0 Å². The monoisotopic (exact) mass is 264 g/mol. The fourth-order valence-electron chi connectivity index (χ4n) is 2.11. The second-order valence-electron chi connectivity index (χ2n) is 5.25. The third-order valence-electron chi connectivity index (χ3n) is 2.95. The molecule has 0 aliphatic rings. The summed E-state index contributed by atoms with van der Waals surface area (Å²) in [6.07, 6.45) is 2.10. The van der Waals surface area contributed by atoms with Crippen molar-refractivity contribution in [2.24, 2.45) is 0 Å². The van der Waals surface area contributed by atoms with E-state index in [1.54, 1.807) is 13.0 Å². The van der Waals surface area contributed by atoms with E-state index in [9.17, 15) is 4.79 Å². The van der Waals surface area contributed by atoms with E-state index in [0.717, 1.165) is 18.5 Å². The number of hydrogen-bond donors (Lipinski definition) is 2. The standard InChI is InChI=1S/C15H24N2O2/c1-5-10-15(3,4)17-12-9-7-8-11(13(12)16)14(18)19-6-2/h7-9,17H,5-6,10,16H2,1-4H3. The first-order valence-electron chi connectivity index (χ1n) is 6.75. The highest BCUT2D eigenvalue weighted by Crippen LogP contribution is 2.27. The quantitative estimate of drug-likeness (QED) is 0.610. The highest BCUT2D eigenvalue weighted by molar-refractivity contribution is 5.98. The van der Waals surface area contributed by atoms with E-state index < -0.39 is 0 Å². The van der Waals surface area contributed by atoms with Crippen molar-refractivity contribution in [1.82, 2.24) is 0 Å². The maximum absolute atomic E-state index is 11.8. The van der Waals surface area contributed by atoms with Crippen LogP contribution >= 0.6 is 0 Å². The highest BCUT2D eigenvalue weighted by Gasteiger charge is 2.19. The number of nitrogen functional groups attached to an aromatic ring is 1. The molecule has 4 heteroatoms. The molecule has 0 bridgehead atoms. The number of nitrogens with one attached hydrogen (secondary N) is 1. The summed E-state index contributed by atoms with van der Waals surface area (Å²) in [5.41, 5.74) is 7.64. The number of hydrogen-bond acceptors (Lipinski definition) is 4. The number of nitrogens with two attached hydrogens (primary N) is 1. The van der Waals surface area contributed by atoms with Gasteiger partial charge in [-0.3, -0.25) is 0 Å². The van der Waals surface area contributed by atoms with Crippen LogP contribution in [0.25, 0.3) is 0 Å². The van der Waals surface area contributed by atoms with Gasteiger partial charge in [0.2, 0.25) is 0 Å². The maximum Gasteiger partial charge on any atom is 0.340 e. The van der Waals surface area contributed by atoms with Crippen LogP contribution in [-0.2, 0) is 4.74 Å². The second-order valence-corrected chi connectivity index (χ2v) is 5.25. The van der Waals surface area contributed by atoms with Crippen LogP contribution in [0.4, 0.5) is 11.4 Å². The van der Waals surface area contributed by atoms with Gasteiger partial charge in [-0.2, -0.15) is 0 Å². The molecular weight excluding hydrogens is 240 g/mol. The van der Waals surface area contributed by atoms with E-state index in [1.165, 1.54) is 0 Å². The van der Waals surface area contributed by atoms with Gasteiger partial charge < -0.3 is 15.8 Å². The minimum absolute atomic E-state index is 0.0594. The molecule has 0 saturated carbocycles. The maximum atomic E-state index is 11.8. The van der Waals surface area contributed by atoms with Gasteiger partial charge in [0.15, 0.2) is 0 Å². The minimum atomic E-state index is -0.378. The zero-order valence-electron chi connectivity index (χ0n) is 12.2. The Morgan fingerprint density at radius 3 is 2.63 bits per heavy atom. The lowest BCUT2D eigenvalue weighted by molar-refractivity contribution is 0.0527. The number of carbonyl (C=O) groups is 1. The molecule has 1 rings (SSSR count). The minimum Gasteiger partial charge on any atom is -0.462 e. The summed E-state index contributed by atoms with van der Waals surface area (Å²) in [4.78, 5) is 11.8. The third-order valence-corrected chi connectivity index (χ3v) is 2.95. The fraction of sp³-hybridized carbons (Fsp3) is 0.533. The number of benzene rings is 1. The number of ether oxygens (including phenoxy) is 1. The van der Waals surface area contributed by atoms with Crippen LogP contribution in [0.15, 0.2) is 18.2 Å². The van der Waals surface area contributed by atoms with Crippen molar-refractivity contribution in [3.63, 3.8) is 0 Å². The first-order valence-corrected chi connectivity index (χ1v) is 6.75. The SMILES string of the molecule is CCCC(C)(C)Nc1cccc(C(=O)OCC)c1N. The van der Waals surface area contributed by atoms with Gasteiger partial charge >= 0.3 is 5.97 Å². The van der Waals surface area contributed by atoms with Gasteiger partial charge in [-0.15, -0.1) is 0 Å². The highest BCUT2D eigenvalue weighted by atomic mass is 16.5. The molecule has 4 nitrogen and oxygen atoms in total. The number of rotatable bonds is 6. The van der Waals surface area contributed by atoms with E-state index in [-0.39, 0.29) is 11.5 Å². The molecule has 1 aromatic carbocycles. The summed E-state index contributed by atoms with van der Waals surface area (Å²) in [5.74, 6) is -0.378. The predicted octanol–water partition coefficient (Wildman–Crippen LogP) is 3.44. The van der Waals surface area contributed by atoms with E-state index >= 15 is 0 Å². The molecule has 19 heavy (non-hydrogen) atoms. The zero-order valence-corrected chi connectivity index (χ0v) is 12.2. The van der Waals surface area contributed by atoms with Crippen molar-refractivity contribution in [3.8, 4) is 0 Å². The van der Waals surface area contributed by atoms with Crippen LogP contribution in [0.2, 0.25) is 0 Å². The van der Waals surface area contributed by atoms with Crippen molar-refractivity contribution < 1.29 is 9.53 Å². The second kappa shape index (κ2) is 6.45. The molecule has 0 radical (unpaired) electrons. The Bertz CT molecular complexity index is 442. The Balaban J connectivity index is 2.98. The van der Waals surface area contributed by atoms with E-state index in [4.69, 9.17) is 10.5 Å². The van der Waals surface area contributed by atoms with Gasteiger partial charge in [0.1, 0.15) is 0 Å². The Labute approximate surface area is 115 Å². The molecule has 0 aliphatic heterocycles. The van der Waals surface area contributed by atoms with Gasteiger partial charge in [0.05, 0.1) is 23.5 Å². The zero-order chi connectivity index (χ0) is 14.5. The molecule has 3 N–H and O–H groups in total. The molecular formula is C15H24N2O2. The number of esters is 1. The normalized spacial score (nSPS) is 11.2. The van der Waals surface area contributed by atoms with Crippen molar-refractivity contribution >= 4 is 17.3 Å².